The van der Waals surface area contributed by atoms with Crippen LogP contribution in [0.15, 0.2) is 60.7 Å². The molecule has 0 bridgehead atoms. The standard InChI is InChI=1S/C23H24N2O3/c1-27-22-15-19-5-3-2-4-18(19)14-21(22)23(26)24-20-8-6-17(7-9-20)16-25-10-12-28-13-11-25/h2-9,14-15H,10-13,16H2,1H3,(H,24,26)/p+1. The van der Waals surface area contributed by atoms with E-state index in [1.165, 1.54) is 10.5 Å². The lowest BCUT2D eigenvalue weighted by Gasteiger charge is -2.23. The Bertz CT molecular complexity index is 963. The van der Waals surface area contributed by atoms with Gasteiger partial charge in [-0.25, -0.2) is 0 Å². The van der Waals surface area contributed by atoms with E-state index in [0.29, 0.717) is 11.3 Å². The van der Waals surface area contributed by atoms with Crippen LogP contribution >= 0.6 is 0 Å². The molecule has 0 aliphatic carbocycles. The van der Waals surface area contributed by atoms with Gasteiger partial charge in [0, 0.05) is 11.3 Å². The summed E-state index contributed by atoms with van der Waals surface area (Å²) in [4.78, 5) is 14.4. The van der Waals surface area contributed by atoms with Crippen LogP contribution in [0.2, 0.25) is 0 Å². The number of morpholine rings is 1. The number of carbonyl (C=O) groups is 1. The fourth-order valence-electron chi connectivity index (χ4n) is 3.60. The average molecular weight is 377 g/mol. The molecule has 1 fully saturated rings. The Kier molecular flexibility index (Phi) is 5.55. The van der Waals surface area contributed by atoms with Gasteiger partial charge in [-0.15, -0.1) is 0 Å². The van der Waals surface area contributed by atoms with Gasteiger partial charge in [0.25, 0.3) is 5.91 Å². The monoisotopic (exact) mass is 377 g/mol. The van der Waals surface area contributed by atoms with Crippen molar-refractivity contribution in [1.82, 2.24) is 0 Å². The number of anilines is 1. The van der Waals surface area contributed by atoms with Crippen LogP contribution in [-0.4, -0.2) is 39.3 Å². The highest BCUT2D eigenvalue weighted by molar-refractivity contribution is 6.08. The molecule has 4 rings (SSSR count). The van der Waals surface area contributed by atoms with Crippen LogP contribution in [0.3, 0.4) is 0 Å². The molecule has 1 saturated heterocycles. The summed E-state index contributed by atoms with van der Waals surface area (Å²) in [6, 6.07) is 19.8. The zero-order chi connectivity index (χ0) is 19.3. The SMILES string of the molecule is COc1cc2ccccc2cc1C(=O)Nc1ccc(C[NH+]2CCOCC2)cc1. The van der Waals surface area contributed by atoms with E-state index in [1.54, 1.807) is 7.11 Å². The second-order valence-corrected chi connectivity index (χ2v) is 7.09. The summed E-state index contributed by atoms with van der Waals surface area (Å²) in [5.74, 6) is 0.401. The largest absolute Gasteiger partial charge is 0.496 e. The molecule has 0 radical (unpaired) electrons. The highest BCUT2D eigenvalue weighted by Gasteiger charge is 2.16. The first-order valence-electron chi connectivity index (χ1n) is 9.61. The number of methoxy groups -OCH3 is 1. The Hall–Kier alpha value is -2.89. The highest BCUT2D eigenvalue weighted by atomic mass is 16.5. The number of amides is 1. The predicted molar refractivity (Wildman–Crippen MR) is 110 cm³/mol. The number of ether oxygens (including phenoxy) is 2. The summed E-state index contributed by atoms with van der Waals surface area (Å²) in [6.07, 6.45) is 0. The van der Waals surface area contributed by atoms with Gasteiger partial charge in [0.1, 0.15) is 25.4 Å². The van der Waals surface area contributed by atoms with E-state index >= 15 is 0 Å². The Morgan fingerprint density at radius 1 is 1.04 bits per heavy atom. The lowest BCUT2D eigenvalue weighted by atomic mass is 10.1. The third kappa shape index (κ3) is 4.16. The van der Waals surface area contributed by atoms with Crippen molar-refractivity contribution in [1.29, 1.82) is 0 Å². The molecule has 1 aliphatic rings. The Morgan fingerprint density at radius 2 is 1.71 bits per heavy atom. The van der Waals surface area contributed by atoms with Gasteiger partial charge in [-0.3, -0.25) is 4.79 Å². The van der Waals surface area contributed by atoms with Gasteiger partial charge in [0.05, 0.1) is 25.9 Å². The molecule has 28 heavy (non-hydrogen) atoms. The average Bonchev–Trinajstić information content (AvgIpc) is 2.75. The third-order valence-electron chi connectivity index (χ3n) is 5.18. The number of quaternary nitrogens is 1. The molecule has 0 atom stereocenters. The van der Waals surface area contributed by atoms with E-state index in [9.17, 15) is 4.79 Å². The number of nitrogens with one attached hydrogen (secondary N) is 2. The number of carbonyl (C=O) groups excluding carboxylic acids is 1. The Balaban J connectivity index is 1.48. The molecule has 1 heterocycles. The molecule has 3 aromatic carbocycles. The predicted octanol–water partition coefficient (Wildman–Crippen LogP) is 2.52. The number of rotatable bonds is 5. The van der Waals surface area contributed by atoms with Gasteiger partial charge >= 0.3 is 0 Å². The molecule has 144 valence electrons. The van der Waals surface area contributed by atoms with Gasteiger partial charge in [0.2, 0.25) is 0 Å². The van der Waals surface area contributed by atoms with E-state index in [0.717, 1.165) is 49.3 Å². The maximum atomic E-state index is 12.8. The first-order valence-corrected chi connectivity index (χ1v) is 9.61. The lowest BCUT2D eigenvalue weighted by molar-refractivity contribution is -0.921. The van der Waals surface area contributed by atoms with Crippen LogP contribution in [0.5, 0.6) is 5.75 Å². The summed E-state index contributed by atoms with van der Waals surface area (Å²) in [5, 5.41) is 5.04. The van der Waals surface area contributed by atoms with Crippen molar-refractivity contribution in [2.45, 2.75) is 6.54 Å². The molecule has 3 aromatic rings. The molecule has 0 saturated carbocycles. The van der Waals surface area contributed by atoms with Crippen LogP contribution in [0.4, 0.5) is 5.69 Å². The molecule has 1 amide bonds. The lowest BCUT2D eigenvalue weighted by Crippen LogP contribution is -3.12. The molecule has 2 N–H and O–H groups in total. The van der Waals surface area contributed by atoms with Gasteiger partial charge < -0.3 is 19.7 Å². The van der Waals surface area contributed by atoms with Crippen molar-refractivity contribution < 1.29 is 19.2 Å². The van der Waals surface area contributed by atoms with Crippen LogP contribution < -0.4 is 15.0 Å². The fourth-order valence-corrected chi connectivity index (χ4v) is 3.60. The van der Waals surface area contributed by atoms with E-state index in [1.807, 2.05) is 48.5 Å². The Morgan fingerprint density at radius 3 is 2.39 bits per heavy atom. The maximum absolute atomic E-state index is 12.8. The van der Waals surface area contributed by atoms with Crippen molar-refractivity contribution in [3.05, 3.63) is 71.8 Å². The molecule has 0 aromatic heterocycles. The minimum atomic E-state index is -0.172. The summed E-state index contributed by atoms with van der Waals surface area (Å²) >= 11 is 0. The highest BCUT2D eigenvalue weighted by Crippen LogP contribution is 2.26. The van der Waals surface area contributed by atoms with Crippen molar-refractivity contribution in [3.63, 3.8) is 0 Å². The van der Waals surface area contributed by atoms with E-state index in [4.69, 9.17) is 9.47 Å². The zero-order valence-corrected chi connectivity index (χ0v) is 16.0. The molecule has 0 unspecified atom stereocenters. The van der Waals surface area contributed by atoms with E-state index in [2.05, 4.69) is 17.4 Å². The normalized spacial score (nSPS) is 14.8. The fraction of sp³-hybridized carbons (Fsp3) is 0.261. The minimum Gasteiger partial charge on any atom is -0.496 e. The quantitative estimate of drug-likeness (QED) is 0.718. The van der Waals surface area contributed by atoms with Gasteiger partial charge in [0.15, 0.2) is 0 Å². The van der Waals surface area contributed by atoms with Crippen molar-refractivity contribution in [2.75, 3.05) is 38.7 Å². The molecule has 1 aliphatic heterocycles. The van der Waals surface area contributed by atoms with E-state index in [-0.39, 0.29) is 5.91 Å². The number of hydrogen-bond donors (Lipinski definition) is 2. The molecule has 5 nitrogen and oxygen atoms in total. The summed E-state index contributed by atoms with van der Waals surface area (Å²) < 4.78 is 10.9. The van der Waals surface area contributed by atoms with Gasteiger partial charge in [-0.05, 0) is 35.0 Å². The summed E-state index contributed by atoms with van der Waals surface area (Å²) in [5.41, 5.74) is 2.57. The Labute approximate surface area is 164 Å². The van der Waals surface area contributed by atoms with Crippen molar-refractivity contribution in [2.24, 2.45) is 0 Å². The van der Waals surface area contributed by atoms with Crippen LogP contribution in [-0.2, 0) is 11.3 Å². The van der Waals surface area contributed by atoms with Crippen molar-refractivity contribution in [3.8, 4) is 5.75 Å². The van der Waals surface area contributed by atoms with Gasteiger partial charge in [-0.1, -0.05) is 36.4 Å². The smallest absolute Gasteiger partial charge is 0.259 e. The van der Waals surface area contributed by atoms with Crippen LogP contribution in [0, 0.1) is 0 Å². The molecule has 0 spiro atoms. The summed E-state index contributed by atoms with van der Waals surface area (Å²) in [6.45, 7) is 4.73. The number of benzene rings is 3. The van der Waals surface area contributed by atoms with Crippen molar-refractivity contribution >= 4 is 22.4 Å². The first-order chi connectivity index (χ1) is 13.7. The molecule has 5 heteroatoms. The van der Waals surface area contributed by atoms with Gasteiger partial charge in [-0.2, -0.15) is 0 Å². The summed E-state index contributed by atoms with van der Waals surface area (Å²) in [7, 11) is 1.59. The van der Waals surface area contributed by atoms with Crippen LogP contribution in [0.25, 0.3) is 10.8 Å². The molecular formula is C23H25N2O3+. The minimum absolute atomic E-state index is 0.172. The van der Waals surface area contributed by atoms with Crippen LogP contribution in [0.1, 0.15) is 15.9 Å². The number of hydrogen-bond acceptors (Lipinski definition) is 3. The molecular weight excluding hydrogens is 352 g/mol. The third-order valence-corrected chi connectivity index (χ3v) is 5.18. The first kappa shape index (κ1) is 18.5. The second kappa shape index (κ2) is 8.42. The zero-order valence-electron chi connectivity index (χ0n) is 16.0. The van der Waals surface area contributed by atoms with E-state index < -0.39 is 0 Å². The maximum Gasteiger partial charge on any atom is 0.259 e. The topological polar surface area (TPSA) is 52.0 Å². The second-order valence-electron chi connectivity index (χ2n) is 7.09. The number of fused-ring (bicyclic) bond motifs is 1.